The van der Waals surface area contributed by atoms with Crippen molar-refractivity contribution in [3.63, 3.8) is 0 Å². The van der Waals surface area contributed by atoms with Crippen LogP contribution in [0.2, 0.25) is 0 Å². The molecule has 100 valence electrons. The van der Waals surface area contributed by atoms with E-state index in [0.29, 0.717) is 5.69 Å². The van der Waals surface area contributed by atoms with Crippen molar-refractivity contribution in [1.82, 2.24) is 14.9 Å². The van der Waals surface area contributed by atoms with Crippen molar-refractivity contribution in [3.8, 4) is 11.4 Å². The zero-order chi connectivity index (χ0) is 13.8. The Morgan fingerprint density at radius 2 is 2.05 bits per heavy atom. The zero-order valence-electron chi connectivity index (χ0n) is 11.1. The first-order valence-corrected chi connectivity index (χ1v) is 6.22. The van der Waals surface area contributed by atoms with E-state index in [0.717, 1.165) is 11.4 Å². The lowest BCUT2D eigenvalue weighted by Crippen LogP contribution is -2.33. The lowest BCUT2D eigenvalue weighted by Gasteiger charge is -2.11. The van der Waals surface area contributed by atoms with Gasteiger partial charge in [-0.05, 0) is 38.1 Å². The lowest BCUT2D eigenvalue weighted by atomic mass is 10.2. The van der Waals surface area contributed by atoms with E-state index in [1.165, 1.54) is 0 Å². The molecule has 0 radical (unpaired) electrons. The second-order valence-electron chi connectivity index (χ2n) is 4.72. The second kappa shape index (κ2) is 5.56. The standard InChI is InChI=1S/C14H18N4O/c1-10(2)17-13(19)9-18-8-7-16-14(18)11-3-5-12(15)6-4-11/h3-8,10H,9,15H2,1-2H3,(H,17,19). The van der Waals surface area contributed by atoms with Crippen LogP contribution in [-0.2, 0) is 11.3 Å². The van der Waals surface area contributed by atoms with Crippen LogP contribution in [0.4, 0.5) is 5.69 Å². The van der Waals surface area contributed by atoms with Gasteiger partial charge in [0.25, 0.3) is 0 Å². The van der Waals surface area contributed by atoms with E-state index in [1.807, 2.05) is 42.7 Å². The molecule has 0 saturated carbocycles. The second-order valence-corrected chi connectivity index (χ2v) is 4.72. The van der Waals surface area contributed by atoms with Crippen molar-refractivity contribution in [2.75, 3.05) is 5.73 Å². The first kappa shape index (κ1) is 13.1. The molecule has 1 aromatic heterocycles. The summed E-state index contributed by atoms with van der Waals surface area (Å²) >= 11 is 0. The van der Waals surface area contributed by atoms with E-state index in [-0.39, 0.29) is 18.5 Å². The topological polar surface area (TPSA) is 72.9 Å². The number of carbonyl (C=O) groups is 1. The van der Waals surface area contributed by atoms with Gasteiger partial charge in [-0.3, -0.25) is 4.79 Å². The van der Waals surface area contributed by atoms with Gasteiger partial charge in [0.2, 0.25) is 5.91 Å². The van der Waals surface area contributed by atoms with Crippen LogP contribution in [0.3, 0.4) is 0 Å². The molecular weight excluding hydrogens is 240 g/mol. The lowest BCUT2D eigenvalue weighted by molar-refractivity contribution is -0.122. The van der Waals surface area contributed by atoms with Crippen LogP contribution >= 0.6 is 0 Å². The summed E-state index contributed by atoms with van der Waals surface area (Å²) in [5, 5.41) is 2.86. The molecule has 0 aliphatic heterocycles. The summed E-state index contributed by atoms with van der Waals surface area (Å²) < 4.78 is 1.82. The quantitative estimate of drug-likeness (QED) is 0.819. The molecule has 0 atom stereocenters. The summed E-state index contributed by atoms with van der Waals surface area (Å²) in [6, 6.07) is 7.57. The number of imidazole rings is 1. The Bertz CT molecular complexity index is 557. The fourth-order valence-electron chi connectivity index (χ4n) is 1.85. The van der Waals surface area contributed by atoms with Gasteiger partial charge in [-0.2, -0.15) is 0 Å². The van der Waals surface area contributed by atoms with Crippen LogP contribution < -0.4 is 11.1 Å². The number of nitrogens with zero attached hydrogens (tertiary/aromatic N) is 2. The molecule has 1 heterocycles. The Morgan fingerprint density at radius 1 is 1.37 bits per heavy atom. The molecule has 1 amide bonds. The Hall–Kier alpha value is -2.30. The summed E-state index contributed by atoms with van der Waals surface area (Å²) in [6.45, 7) is 4.14. The molecular formula is C14H18N4O. The highest BCUT2D eigenvalue weighted by atomic mass is 16.2. The third-order valence-corrected chi connectivity index (χ3v) is 2.65. The Morgan fingerprint density at radius 3 is 2.68 bits per heavy atom. The molecule has 0 aliphatic rings. The number of carbonyl (C=O) groups excluding carboxylic acids is 1. The highest BCUT2D eigenvalue weighted by Crippen LogP contribution is 2.18. The number of aromatic nitrogens is 2. The fraction of sp³-hybridized carbons (Fsp3) is 0.286. The maximum atomic E-state index is 11.8. The molecule has 2 aromatic rings. The van der Waals surface area contributed by atoms with Gasteiger partial charge in [-0.1, -0.05) is 0 Å². The smallest absolute Gasteiger partial charge is 0.240 e. The van der Waals surface area contributed by atoms with E-state index in [9.17, 15) is 4.79 Å². The predicted molar refractivity (Wildman–Crippen MR) is 75.4 cm³/mol. The van der Waals surface area contributed by atoms with Gasteiger partial charge in [0.15, 0.2) is 0 Å². The third kappa shape index (κ3) is 3.34. The number of hydrogen-bond acceptors (Lipinski definition) is 3. The van der Waals surface area contributed by atoms with Crippen LogP contribution in [0.5, 0.6) is 0 Å². The van der Waals surface area contributed by atoms with Crippen molar-refractivity contribution in [2.45, 2.75) is 26.4 Å². The number of hydrogen-bond donors (Lipinski definition) is 2. The number of nitrogens with one attached hydrogen (secondary N) is 1. The van der Waals surface area contributed by atoms with Crippen LogP contribution in [0.15, 0.2) is 36.7 Å². The molecule has 5 heteroatoms. The summed E-state index contributed by atoms with van der Waals surface area (Å²) in [6.07, 6.45) is 3.49. The zero-order valence-corrected chi connectivity index (χ0v) is 11.1. The molecule has 19 heavy (non-hydrogen) atoms. The fourth-order valence-corrected chi connectivity index (χ4v) is 1.85. The maximum absolute atomic E-state index is 11.8. The van der Waals surface area contributed by atoms with Crippen molar-refractivity contribution in [2.24, 2.45) is 0 Å². The summed E-state index contributed by atoms with van der Waals surface area (Å²) in [7, 11) is 0. The van der Waals surface area contributed by atoms with Crippen molar-refractivity contribution in [3.05, 3.63) is 36.7 Å². The summed E-state index contributed by atoms with van der Waals surface area (Å²) in [5.41, 5.74) is 7.31. The highest BCUT2D eigenvalue weighted by Gasteiger charge is 2.10. The van der Waals surface area contributed by atoms with E-state index in [1.54, 1.807) is 12.4 Å². The Balaban J connectivity index is 2.18. The van der Waals surface area contributed by atoms with Crippen molar-refractivity contribution in [1.29, 1.82) is 0 Å². The van der Waals surface area contributed by atoms with E-state index < -0.39 is 0 Å². The summed E-state index contributed by atoms with van der Waals surface area (Å²) in [5.74, 6) is 0.739. The monoisotopic (exact) mass is 258 g/mol. The molecule has 0 aliphatic carbocycles. The molecule has 5 nitrogen and oxygen atoms in total. The van der Waals surface area contributed by atoms with E-state index >= 15 is 0 Å². The van der Waals surface area contributed by atoms with Gasteiger partial charge in [-0.15, -0.1) is 0 Å². The number of nitrogens with two attached hydrogens (primary N) is 1. The van der Waals surface area contributed by atoms with Gasteiger partial charge in [0.05, 0.1) is 0 Å². The first-order valence-electron chi connectivity index (χ1n) is 6.22. The van der Waals surface area contributed by atoms with Crippen molar-refractivity contribution < 1.29 is 4.79 Å². The predicted octanol–water partition coefficient (Wildman–Crippen LogP) is 1.66. The minimum Gasteiger partial charge on any atom is -0.399 e. The number of rotatable bonds is 4. The van der Waals surface area contributed by atoms with Gasteiger partial charge in [0, 0.05) is 29.7 Å². The molecule has 0 saturated heterocycles. The van der Waals surface area contributed by atoms with Crippen molar-refractivity contribution >= 4 is 11.6 Å². The Kier molecular flexibility index (Phi) is 3.85. The van der Waals surface area contributed by atoms with E-state index in [4.69, 9.17) is 5.73 Å². The molecule has 0 spiro atoms. The van der Waals surface area contributed by atoms with Crippen LogP contribution in [-0.4, -0.2) is 21.5 Å². The van der Waals surface area contributed by atoms with Gasteiger partial charge >= 0.3 is 0 Å². The number of nitrogen functional groups attached to an aromatic ring is 1. The molecule has 0 unspecified atom stereocenters. The maximum Gasteiger partial charge on any atom is 0.240 e. The number of amides is 1. The Labute approximate surface area is 112 Å². The molecule has 0 fully saturated rings. The van der Waals surface area contributed by atoms with Crippen LogP contribution in [0.1, 0.15) is 13.8 Å². The molecule has 1 aromatic carbocycles. The average molecular weight is 258 g/mol. The third-order valence-electron chi connectivity index (χ3n) is 2.65. The molecule has 0 bridgehead atoms. The van der Waals surface area contributed by atoms with Gasteiger partial charge in [0.1, 0.15) is 12.4 Å². The van der Waals surface area contributed by atoms with Gasteiger partial charge in [-0.25, -0.2) is 4.98 Å². The van der Waals surface area contributed by atoms with Crippen LogP contribution in [0, 0.1) is 0 Å². The van der Waals surface area contributed by atoms with Gasteiger partial charge < -0.3 is 15.6 Å². The van der Waals surface area contributed by atoms with E-state index in [2.05, 4.69) is 10.3 Å². The largest absolute Gasteiger partial charge is 0.399 e. The number of anilines is 1. The minimum atomic E-state index is -0.0234. The SMILES string of the molecule is CC(C)NC(=O)Cn1ccnc1-c1ccc(N)cc1. The number of benzene rings is 1. The average Bonchev–Trinajstić information content (AvgIpc) is 2.77. The normalized spacial score (nSPS) is 10.7. The summed E-state index contributed by atoms with van der Waals surface area (Å²) in [4.78, 5) is 16.1. The molecule has 2 rings (SSSR count). The highest BCUT2D eigenvalue weighted by molar-refractivity contribution is 5.76. The molecule has 3 N–H and O–H groups in total. The minimum absolute atomic E-state index is 0.0234. The van der Waals surface area contributed by atoms with Crippen LogP contribution in [0.25, 0.3) is 11.4 Å². The first-order chi connectivity index (χ1) is 9.06.